The van der Waals surface area contributed by atoms with Crippen LogP contribution in [-0.2, 0) is 11.4 Å². The minimum atomic E-state index is -0.644. The first kappa shape index (κ1) is 13.7. The Hall–Kier alpha value is -3.22. The van der Waals surface area contributed by atoms with E-state index in [-0.39, 0.29) is 6.61 Å². The number of hydrogen-bond donors (Lipinski definition) is 1. The average molecular weight is 299 g/mol. The fourth-order valence-corrected chi connectivity index (χ4v) is 2.34. The fraction of sp³-hybridized carbons (Fsp3) is 0.0667. The maximum atomic E-state index is 12.4. The monoisotopic (exact) mass is 299 g/mol. The number of anilines is 1. The van der Waals surface area contributed by atoms with Gasteiger partial charge in [-0.25, -0.2) is 10.1 Å². The molecule has 0 saturated heterocycles. The molecule has 0 aliphatic carbocycles. The Balaban J connectivity index is 1.92. The van der Waals surface area contributed by atoms with Gasteiger partial charge in [0.15, 0.2) is 6.61 Å². The Bertz CT molecular complexity index is 752. The number of nitrogens with zero attached hydrogens (tertiary/aromatic N) is 2. The SMILES string of the molecule is O=C1c2ccccc2C(=O)N1c1cccc(CO[N+](=O)O)c1. The highest BCUT2D eigenvalue weighted by molar-refractivity contribution is 6.34. The van der Waals surface area contributed by atoms with Crippen molar-refractivity contribution in [2.75, 3.05) is 4.90 Å². The van der Waals surface area contributed by atoms with E-state index in [1.165, 1.54) is 0 Å². The van der Waals surface area contributed by atoms with Crippen molar-refractivity contribution in [1.82, 2.24) is 0 Å². The number of rotatable bonds is 4. The van der Waals surface area contributed by atoms with Gasteiger partial charge in [-0.2, -0.15) is 4.84 Å². The summed E-state index contributed by atoms with van der Waals surface area (Å²) in [5.74, 6) is -0.794. The van der Waals surface area contributed by atoms with Gasteiger partial charge in [0.2, 0.25) is 0 Å². The van der Waals surface area contributed by atoms with Crippen LogP contribution in [0.1, 0.15) is 26.3 Å². The normalized spacial score (nSPS) is 13.2. The second-order valence-corrected chi connectivity index (χ2v) is 4.67. The Morgan fingerprint density at radius 1 is 1.00 bits per heavy atom. The lowest BCUT2D eigenvalue weighted by Crippen LogP contribution is -2.29. The molecule has 2 aromatic rings. The van der Waals surface area contributed by atoms with E-state index < -0.39 is 16.9 Å². The first-order chi connectivity index (χ1) is 10.6. The summed E-state index contributed by atoms with van der Waals surface area (Å²) in [4.78, 5) is 40.5. The molecule has 7 heteroatoms. The van der Waals surface area contributed by atoms with E-state index in [1.54, 1.807) is 48.5 Å². The topological polar surface area (TPSA) is 86.9 Å². The highest BCUT2D eigenvalue weighted by atomic mass is 16.9. The zero-order chi connectivity index (χ0) is 15.7. The predicted octanol–water partition coefficient (Wildman–Crippen LogP) is 2.09. The van der Waals surface area contributed by atoms with Crippen LogP contribution in [0.25, 0.3) is 0 Å². The quantitative estimate of drug-likeness (QED) is 0.690. The molecule has 1 heterocycles. The molecule has 2 aromatic carbocycles. The smallest absolute Gasteiger partial charge is 0.268 e. The summed E-state index contributed by atoms with van der Waals surface area (Å²) in [6.07, 6.45) is 0. The molecule has 110 valence electrons. The van der Waals surface area contributed by atoms with Gasteiger partial charge in [0, 0.05) is 0 Å². The molecule has 0 bridgehead atoms. The molecule has 0 atom stereocenters. The first-order valence-electron chi connectivity index (χ1n) is 6.44. The molecule has 0 saturated carbocycles. The van der Waals surface area contributed by atoms with Crippen molar-refractivity contribution in [3.63, 3.8) is 0 Å². The van der Waals surface area contributed by atoms with E-state index >= 15 is 0 Å². The van der Waals surface area contributed by atoms with Gasteiger partial charge in [0.05, 0.1) is 16.8 Å². The van der Waals surface area contributed by atoms with Gasteiger partial charge in [-0.3, -0.25) is 9.59 Å². The Kier molecular flexibility index (Phi) is 3.30. The molecule has 2 amide bonds. The zero-order valence-electron chi connectivity index (χ0n) is 11.3. The third-order valence-electron chi connectivity index (χ3n) is 3.30. The second kappa shape index (κ2) is 5.28. The van der Waals surface area contributed by atoms with Gasteiger partial charge in [0.25, 0.3) is 11.8 Å². The van der Waals surface area contributed by atoms with Crippen LogP contribution in [0.15, 0.2) is 48.5 Å². The van der Waals surface area contributed by atoms with Crippen molar-refractivity contribution < 1.29 is 24.7 Å². The fourth-order valence-electron chi connectivity index (χ4n) is 2.34. The lowest BCUT2D eigenvalue weighted by Gasteiger charge is -2.14. The van der Waals surface area contributed by atoms with Crippen LogP contribution in [0, 0.1) is 4.91 Å². The minimum Gasteiger partial charge on any atom is -0.268 e. The number of hydrogen-bond acceptors (Lipinski definition) is 4. The van der Waals surface area contributed by atoms with E-state index in [0.29, 0.717) is 22.4 Å². The van der Waals surface area contributed by atoms with Crippen molar-refractivity contribution >= 4 is 17.5 Å². The van der Waals surface area contributed by atoms with Crippen LogP contribution >= 0.6 is 0 Å². The third kappa shape index (κ3) is 2.28. The Morgan fingerprint density at radius 2 is 1.64 bits per heavy atom. The lowest BCUT2D eigenvalue weighted by molar-refractivity contribution is -0.979. The van der Waals surface area contributed by atoms with E-state index in [0.717, 1.165) is 4.90 Å². The summed E-state index contributed by atoms with van der Waals surface area (Å²) < 4.78 is 0. The van der Waals surface area contributed by atoms with E-state index in [9.17, 15) is 14.5 Å². The van der Waals surface area contributed by atoms with Crippen molar-refractivity contribution in [3.05, 3.63) is 70.1 Å². The molecule has 1 N–H and O–H groups in total. The Labute approximate surface area is 124 Å². The number of benzene rings is 2. The first-order valence-corrected chi connectivity index (χ1v) is 6.44. The van der Waals surface area contributed by atoms with Gasteiger partial charge in [-0.05, 0) is 29.8 Å². The van der Waals surface area contributed by atoms with Crippen molar-refractivity contribution in [3.8, 4) is 0 Å². The molecule has 7 nitrogen and oxygen atoms in total. The van der Waals surface area contributed by atoms with E-state index in [4.69, 9.17) is 5.21 Å². The van der Waals surface area contributed by atoms with Crippen molar-refractivity contribution in [2.45, 2.75) is 6.61 Å². The van der Waals surface area contributed by atoms with Crippen molar-refractivity contribution in [1.29, 1.82) is 0 Å². The second-order valence-electron chi connectivity index (χ2n) is 4.67. The zero-order valence-corrected chi connectivity index (χ0v) is 11.3. The summed E-state index contributed by atoms with van der Waals surface area (Å²) in [5.41, 5.74) is 1.62. The maximum Gasteiger partial charge on any atom is 0.475 e. The van der Waals surface area contributed by atoms with Crippen LogP contribution in [0.4, 0.5) is 5.69 Å². The summed E-state index contributed by atoms with van der Waals surface area (Å²) >= 11 is 0. The molecule has 0 radical (unpaired) electrons. The van der Waals surface area contributed by atoms with Crippen LogP contribution in [0.2, 0.25) is 0 Å². The molecular formula is C15H11N2O5+. The molecule has 0 spiro atoms. The number of carbonyl (C=O) groups is 2. The van der Waals surface area contributed by atoms with Crippen molar-refractivity contribution in [2.24, 2.45) is 0 Å². The standard InChI is InChI=1S/C15H11N2O5/c18-14-12-6-1-2-7-13(12)15(19)16(14)11-5-3-4-10(8-11)9-22-17(20)21/h1-8H,9H2,(H,20,21)/q+1. The van der Waals surface area contributed by atoms with Crippen LogP contribution < -0.4 is 4.90 Å². The summed E-state index contributed by atoms with van der Waals surface area (Å²) in [7, 11) is 0. The van der Waals surface area contributed by atoms with Crippen LogP contribution in [0.3, 0.4) is 0 Å². The molecule has 0 fully saturated rings. The molecule has 22 heavy (non-hydrogen) atoms. The lowest BCUT2D eigenvalue weighted by atomic mass is 10.1. The summed E-state index contributed by atoms with van der Waals surface area (Å²) in [5, 5.41) is 7.79. The van der Waals surface area contributed by atoms with Gasteiger partial charge >= 0.3 is 5.09 Å². The molecule has 3 rings (SSSR count). The van der Waals surface area contributed by atoms with Gasteiger partial charge in [-0.15, -0.1) is 0 Å². The summed E-state index contributed by atoms with van der Waals surface area (Å²) in [6.45, 7) is -0.184. The van der Waals surface area contributed by atoms with E-state index in [2.05, 4.69) is 4.84 Å². The van der Waals surface area contributed by atoms with Gasteiger partial charge in [-0.1, -0.05) is 24.3 Å². The highest BCUT2D eigenvalue weighted by Gasteiger charge is 2.36. The van der Waals surface area contributed by atoms with E-state index in [1.807, 2.05) is 0 Å². The number of carbonyl (C=O) groups excluding carboxylic acids is 2. The van der Waals surface area contributed by atoms with Crippen LogP contribution in [-0.4, -0.2) is 22.1 Å². The number of fused-ring (bicyclic) bond motifs is 1. The van der Waals surface area contributed by atoms with Crippen LogP contribution in [0.5, 0.6) is 0 Å². The molecular weight excluding hydrogens is 288 g/mol. The average Bonchev–Trinajstić information content (AvgIpc) is 2.78. The molecule has 0 aromatic heterocycles. The largest absolute Gasteiger partial charge is 0.475 e. The molecule has 1 aliphatic heterocycles. The summed E-state index contributed by atoms with van der Waals surface area (Å²) in [6, 6.07) is 13.0. The molecule has 0 unspecified atom stereocenters. The Morgan fingerprint density at radius 3 is 2.23 bits per heavy atom. The third-order valence-corrected chi connectivity index (χ3v) is 3.30. The predicted molar refractivity (Wildman–Crippen MR) is 74.2 cm³/mol. The molecule has 1 aliphatic rings. The van der Waals surface area contributed by atoms with Gasteiger partial charge in [0.1, 0.15) is 4.91 Å². The van der Waals surface area contributed by atoms with Gasteiger partial charge < -0.3 is 0 Å². The minimum absolute atomic E-state index is 0.184. The number of imide groups is 1. The highest BCUT2D eigenvalue weighted by Crippen LogP contribution is 2.28. The maximum absolute atomic E-state index is 12.4. The number of amides is 2.